The Morgan fingerprint density at radius 3 is 2.44 bits per heavy atom. The minimum absolute atomic E-state index is 0.120. The van der Waals surface area contributed by atoms with Crippen LogP contribution in [0.1, 0.15) is 15.9 Å². The van der Waals surface area contributed by atoms with E-state index in [0.717, 1.165) is 0 Å². The van der Waals surface area contributed by atoms with E-state index in [1.165, 1.54) is 12.1 Å². The minimum Gasteiger partial charge on any atom is -0.508 e. The van der Waals surface area contributed by atoms with Crippen LogP contribution in [-0.4, -0.2) is 16.2 Å². The van der Waals surface area contributed by atoms with Crippen LogP contribution >= 0.6 is 0 Å². The number of carbonyl (C=O) groups excluding carboxylic acids is 1. The van der Waals surface area contributed by atoms with Crippen molar-refractivity contribution in [3.63, 3.8) is 0 Å². The summed E-state index contributed by atoms with van der Waals surface area (Å²) >= 11 is 0. The fourth-order valence-electron chi connectivity index (χ4n) is 1.50. The summed E-state index contributed by atoms with van der Waals surface area (Å²) in [6, 6.07) is 11.0. The van der Waals surface area contributed by atoms with Crippen molar-refractivity contribution in [3.05, 3.63) is 53.6 Å². The third kappa shape index (κ3) is 2.43. The number of aromatic hydroxyl groups is 2. The summed E-state index contributed by atoms with van der Waals surface area (Å²) in [5, 5.41) is 18.9. The van der Waals surface area contributed by atoms with Gasteiger partial charge in [0.2, 0.25) is 0 Å². The lowest BCUT2D eigenvalue weighted by molar-refractivity contribution is 0.0733. The average molecular weight is 244 g/mol. The van der Waals surface area contributed by atoms with Crippen molar-refractivity contribution < 1.29 is 19.7 Å². The van der Waals surface area contributed by atoms with Crippen molar-refractivity contribution in [3.8, 4) is 17.2 Å². The summed E-state index contributed by atoms with van der Waals surface area (Å²) in [5.41, 5.74) is 0.803. The van der Waals surface area contributed by atoms with Crippen LogP contribution in [0.25, 0.3) is 0 Å². The van der Waals surface area contributed by atoms with Crippen LogP contribution in [-0.2, 0) is 0 Å². The van der Waals surface area contributed by atoms with Crippen LogP contribution in [0.2, 0.25) is 0 Å². The van der Waals surface area contributed by atoms with Gasteiger partial charge in [-0.2, -0.15) is 0 Å². The first kappa shape index (κ1) is 12.0. The summed E-state index contributed by atoms with van der Waals surface area (Å²) in [7, 11) is 0. The third-order valence-electron chi connectivity index (χ3n) is 2.53. The molecule has 0 radical (unpaired) electrons. The molecule has 0 saturated carbocycles. The molecule has 0 atom stereocenters. The maximum Gasteiger partial charge on any atom is 0.343 e. The second-order valence-corrected chi connectivity index (χ2v) is 3.84. The zero-order valence-corrected chi connectivity index (χ0v) is 9.75. The predicted octanol–water partition coefficient (Wildman–Crippen LogP) is 2.63. The molecule has 2 aromatic carbocycles. The molecule has 2 aromatic rings. The Kier molecular flexibility index (Phi) is 3.19. The van der Waals surface area contributed by atoms with Crippen molar-refractivity contribution >= 4 is 5.97 Å². The molecule has 0 aliphatic carbocycles. The highest BCUT2D eigenvalue weighted by molar-refractivity contribution is 5.91. The largest absolute Gasteiger partial charge is 0.508 e. The Balaban J connectivity index is 2.28. The highest BCUT2D eigenvalue weighted by Gasteiger charge is 2.13. The van der Waals surface area contributed by atoms with E-state index in [0.29, 0.717) is 11.1 Å². The van der Waals surface area contributed by atoms with Gasteiger partial charge in [0.1, 0.15) is 17.2 Å². The summed E-state index contributed by atoms with van der Waals surface area (Å²) in [4.78, 5) is 11.8. The number of esters is 1. The molecular formula is C14H12O4. The van der Waals surface area contributed by atoms with Gasteiger partial charge in [0, 0.05) is 17.7 Å². The maximum absolute atomic E-state index is 11.8. The Labute approximate surface area is 104 Å². The number of ether oxygens (including phenoxy) is 1. The van der Waals surface area contributed by atoms with Gasteiger partial charge in [0.15, 0.2) is 0 Å². The molecule has 0 aliphatic rings. The van der Waals surface area contributed by atoms with Crippen molar-refractivity contribution in [1.29, 1.82) is 0 Å². The molecule has 92 valence electrons. The monoisotopic (exact) mass is 244 g/mol. The summed E-state index contributed by atoms with van der Waals surface area (Å²) < 4.78 is 5.13. The molecule has 0 amide bonds. The number of benzene rings is 2. The molecule has 2 N–H and O–H groups in total. The van der Waals surface area contributed by atoms with Gasteiger partial charge in [-0.25, -0.2) is 4.79 Å². The van der Waals surface area contributed by atoms with E-state index in [1.54, 1.807) is 37.3 Å². The summed E-state index contributed by atoms with van der Waals surface area (Å²) in [5.74, 6) is -0.676. The van der Waals surface area contributed by atoms with Gasteiger partial charge >= 0.3 is 5.97 Å². The van der Waals surface area contributed by atoms with Gasteiger partial charge in [-0.05, 0) is 19.1 Å². The molecule has 0 saturated heterocycles. The van der Waals surface area contributed by atoms with Crippen LogP contribution < -0.4 is 4.74 Å². The molecular weight excluding hydrogens is 232 g/mol. The topological polar surface area (TPSA) is 66.8 Å². The third-order valence-corrected chi connectivity index (χ3v) is 2.53. The van der Waals surface area contributed by atoms with Crippen molar-refractivity contribution in [2.45, 2.75) is 6.92 Å². The molecule has 0 aromatic heterocycles. The lowest BCUT2D eigenvalue weighted by Gasteiger charge is -2.09. The Morgan fingerprint density at radius 1 is 1.11 bits per heavy atom. The van der Waals surface area contributed by atoms with E-state index in [-0.39, 0.29) is 17.2 Å². The summed E-state index contributed by atoms with van der Waals surface area (Å²) in [6.07, 6.45) is 0. The molecule has 0 heterocycles. The highest BCUT2D eigenvalue weighted by Crippen LogP contribution is 2.32. The zero-order valence-electron chi connectivity index (χ0n) is 9.75. The Hall–Kier alpha value is -2.49. The number of hydrogen-bond donors (Lipinski definition) is 2. The molecule has 4 heteroatoms. The number of phenols is 2. The number of rotatable bonds is 2. The first-order chi connectivity index (χ1) is 8.58. The van der Waals surface area contributed by atoms with Crippen LogP contribution in [0.4, 0.5) is 0 Å². The van der Waals surface area contributed by atoms with Gasteiger partial charge in [0.25, 0.3) is 0 Å². The van der Waals surface area contributed by atoms with E-state index in [2.05, 4.69) is 0 Å². The second kappa shape index (κ2) is 4.79. The quantitative estimate of drug-likeness (QED) is 0.629. The van der Waals surface area contributed by atoms with Gasteiger partial charge < -0.3 is 14.9 Å². The summed E-state index contributed by atoms with van der Waals surface area (Å²) in [6.45, 7) is 1.60. The number of carbonyl (C=O) groups is 1. The van der Waals surface area contributed by atoms with E-state index < -0.39 is 5.97 Å². The van der Waals surface area contributed by atoms with Gasteiger partial charge in [0.05, 0.1) is 5.56 Å². The minimum atomic E-state index is -0.538. The smallest absolute Gasteiger partial charge is 0.343 e. The predicted molar refractivity (Wildman–Crippen MR) is 65.9 cm³/mol. The fraction of sp³-hybridized carbons (Fsp3) is 0.0714. The molecule has 18 heavy (non-hydrogen) atoms. The first-order valence-corrected chi connectivity index (χ1v) is 5.37. The molecule has 2 rings (SSSR count). The molecule has 0 spiro atoms. The van der Waals surface area contributed by atoms with E-state index in [4.69, 9.17) is 4.74 Å². The van der Waals surface area contributed by atoms with Crippen LogP contribution in [0, 0.1) is 6.92 Å². The van der Waals surface area contributed by atoms with E-state index >= 15 is 0 Å². The molecule has 0 bridgehead atoms. The molecule has 0 aliphatic heterocycles. The normalized spacial score (nSPS) is 10.1. The Bertz CT molecular complexity index is 576. The van der Waals surface area contributed by atoms with Crippen molar-refractivity contribution in [1.82, 2.24) is 0 Å². The average Bonchev–Trinajstić information content (AvgIpc) is 2.36. The van der Waals surface area contributed by atoms with E-state index in [9.17, 15) is 15.0 Å². The van der Waals surface area contributed by atoms with E-state index in [1.807, 2.05) is 0 Å². The number of hydrogen-bond acceptors (Lipinski definition) is 4. The van der Waals surface area contributed by atoms with Gasteiger partial charge in [-0.15, -0.1) is 0 Å². The lowest BCUT2D eigenvalue weighted by Crippen LogP contribution is -2.08. The van der Waals surface area contributed by atoms with Crippen LogP contribution in [0.5, 0.6) is 17.2 Å². The van der Waals surface area contributed by atoms with Crippen molar-refractivity contribution in [2.24, 2.45) is 0 Å². The Morgan fingerprint density at radius 2 is 1.78 bits per heavy atom. The number of phenolic OH excluding ortho intramolecular Hbond substituents is 2. The van der Waals surface area contributed by atoms with Crippen LogP contribution in [0.3, 0.4) is 0 Å². The molecule has 4 nitrogen and oxygen atoms in total. The van der Waals surface area contributed by atoms with Crippen LogP contribution in [0.15, 0.2) is 42.5 Å². The fourth-order valence-corrected chi connectivity index (χ4v) is 1.50. The maximum atomic E-state index is 11.8. The lowest BCUT2D eigenvalue weighted by atomic mass is 10.2. The first-order valence-electron chi connectivity index (χ1n) is 5.37. The van der Waals surface area contributed by atoms with Gasteiger partial charge in [-0.1, -0.05) is 18.2 Å². The second-order valence-electron chi connectivity index (χ2n) is 3.84. The van der Waals surface area contributed by atoms with Crippen molar-refractivity contribution in [2.75, 3.05) is 0 Å². The zero-order chi connectivity index (χ0) is 13.1. The van der Waals surface area contributed by atoms with Gasteiger partial charge in [-0.3, -0.25) is 0 Å². The molecule has 0 fully saturated rings. The SMILES string of the molecule is Cc1c(O)cc(O)cc1OC(=O)c1ccccc1. The molecule has 0 unspecified atom stereocenters. The highest BCUT2D eigenvalue weighted by atomic mass is 16.5. The standard InChI is InChI=1S/C14H12O4/c1-9-12(16)7-11(15)8-13(9)18-14(17)10-5-3-2-4-6-10/h2-8,15-16H,1H3.